The van der Waals surface area contributed by atoms with E-state index in [0.29, 0.717) is 11.6 Å². The van der Waals surface area contributed by atoms with Crippen LogP contribution < -0.4 is 5.32 Å². The number of carbonyl (C=O) groups excluding carboxylic acids is 1. The van der Waals surface area contributed by atoms with Crippen molar-refractivity contribution in [2.24, 2.45) is 0 Å². The van der Waals surface area contributed by atoms with E-state index in [4.69, 9.17) is 27.9 Å². The molecule has 128 valence electrons. The van der Waals surface area contributed by atoms with Gasteiger partial charge in [-0.1, -0.05) is 23.2 Å². The van der Waals surface area contributed by atoms with Crippen LogP contribution in [0, 0.1) is 0 Å². The van der Waals surface area contributed by atoms with E-state index in [0.717, 1.165) is 13.1 Å². The molecule has 23 heavy (non-hydrogen) atoms. The second kappa shape index (κ2) is 7.34. The first-order valence-electron chi connectivity index (χ1n) is 7.70. The van der Waals surface area contributed by atoms with Crippen molar-refractivity contribution in [3.05, 3.63) is 28.0 Å². The highest BCUT2D eigenvalue weighted by atomic mass is 35.5. The molecule has 0 bridgehead atoms. The quantitative estimate of drug-likeness (QED) is 0.839. The van der Waals surface area contributed by atoms with Crippen molar-refractivity contribution in [2.45, 2.75) is 45.4 Å². The van der Waals surface area contributed by atoms with Gasteiger partial charge in [0.05, 0.1) is 17.2 Å². The van der Waals surface area contributed by atoms with Crippen LogP contribution in [0.3, 0.4) is 0 Å². The van der Waals surface area contributed by atoms with Crippen molar-refractivity contribution in [3.63, 3.8) is 0 Å². The van der Waals surface area contributed by atoms with E-state index in [1.165, 1.54) is 0 Å². The van der Waals surface area contributed by atoms with Crippen LogP contribution in [-0.4, -0.2) is 53.2 Å². The molecule has 5 nitrogen and oxygen atoms in total. The lowest BCUT2D eigenvalue weighted by atomic mass is 10.00. The minimum absolute atomic E-state index is 0.152. The van der Waals surface area contributed by atoms with Crippen LogP contribution in [0.15, 0.2) is 12.1 Å². The largest absolute Gasteiger partial charge is 0.373 e. The van der Waals surface area contributed by atoms with Gasteiger partial charge in [0, 0.05) is 25.2 Å². The summed E-state index contributed by atoms with van der Waals surface area (Å²) >= 11 is 11.9. The normalized spacial score (nSPS) is 22.9. The number of rotatable bonds is 4. The topological polar surface area (TPSA) is 54.5 Å². The molecule has 2 atom stereocenters. The Bertz CT molecular complexity index is 570. The van der Waals surface area contributed by atoms with Gasteiger partial charge in [-0.3, -0.25) is 9.69 Å². The summed E-state index contributed by atoms with van der Waals surface area (Å²) in [5.74, 6) is -0.320. The summed E-state index contributed by atoms with van der Waals surface area (Å²) in [5.41, 5.74) is -0.0498. The Morgan fingerprint density at radius 1 is 1.35 bits per heavy atom. The molecule has 0 aliphatic carbocycles. The van der Waals surface area contributed by atoms with E-state index in [-0.39, 0.29) is 34.5 Å². The predicted octanol–water partition coefficient (Wildman–Crippen LogP) is 3.01. The third kappa shape index (κ3) is 4.80. The van der Waals surface area contributed by atoms with Crippen LogP contribution in [0.5, 0.6) is 0 Å². The number of hydrogen-bond donors (Lipinski definition) is 1. The maximum Gasteiger partial charge on any atom is 0.271 e. The summed E-state index contributed by atoms with van der Waals surface area (Å²) < 4.78 is 5.76. The molecule has 0 spiro atoms. The molecule has 1 aromatic heterocycles. The zero-order valence-electron chi connectivity index (χ0n) is 13.9. The van der Waals surface area contributed by atoms with Crippen LogP contribution >= 0.6 is 23.2 Å². The molecule has 2 heterocycles. The Morgan fingerprint density at radius 2 is 1.96 bits per heavy atom. The van der Waals surface area contributed by atoms with Gasteiger partial charge < -0.3 is 10.1 Å². The van der Waals surface area contributed by atoms with E-state index in [2.05, 4.69) is 42.9 Å². The molecular formula is C16H23Cl2N3O2. The molecule has 0 saturated carbocycles. The fourth-order valence-electron chi connectivity index (χ4n) is 2.74. The van der Waals surface area contributed by atoms with Gasteiger partial charge in [-0.15, -0.1) is 0 Å². The van der Waals surface area contributed by atoms with Gasteiger partial charge in [-0.25, -0.2) is 4.98 Å². The number of halogens is 2. The maximum absolute atomic E-state index is 12.3. The molecule has 0 unspecified atom stereocenters. The number of nitrogens with one attached hydrogen (secondary N) is 1. The van der Waals surface area contributed by atoms with Crippen molar-refractivity contribution >= 4 is 29.1 Å². The number of ether oxygens (including phenoxy) is 1. The van der Waals surface area contributed by atoms with E-state index in [9.17, 15) is 4.79 Å². The fourth-order valence-corrected chi connectivity index (χ4v) is 3.08. The Kier molecular flexibility index (Phi) is 5.89. The summed E-state index contributed by atoms with van der Waals surface area (Å²) in [6.07, 6.45) is 0.357. The molecule has 1 N–H and O–H groups in total. The van der Waals surface area contributed by atoms with Crippen LogP contribution in [0.1, 0.15) is 38.2 Å². The molecule has 1 amide bonds. The Morgan fingerprint density at radius 3 is 2.57 bits per heavy atom. The molecule has 1 aliphatic rings. The summed E-state index contributed by atoms with van der Waals surface area (Å²) in [7, 11) is 0. The second-order valence-corrected chi connectivity index (χ2v) is 7.42. The summed E-state index contributed by atoms with van der Waals surface area (Å²) in [4.78, 5) is 18.6. The lowest BCUT2D eigenvalue weighted by molar-refractivity contribution is -0.0948. The smallest absolute Gasteiger partial charge is 0.271 e. The summed E-state index contributed by atoms with van der Waals surface area (Å²) in [5, 5.41) is 3.44. The zero-order chi connectivity index (χ0) is 17.2. The van der Waals surface area contributed by atoms with Gasteiger partial charge in [0.2, 0.25) is 0 Å². The molecule has 0 aromatic carbocycles. The highest BCUT2D eigenvalue weighted by molar-refractivity contribution is 6.34. The van der Waals surface area contributed by atoms with Crippen LogP contribution in [0.4, 0.5) is 0 Å². The average molecular weight is 360 g/mol. The molecule has 1 fully saturated rings. The number of amides is 1. The zero-order valence-corrected chi connectivity index (χ0v) is 15.4. The number of nitrogens with zero attached hydrogens (tertiary/aromatic N) is 2. The standard InChI is InChI=1S/C16H23Cl2N3O2/c1-10-7-21(8-11(2)23-10)16(3,4)9-19-15(22)14-12(17)5-6-13(18)20-14/h5-6,10-11H,7-9H2,1-4H3,(H,19,22)/t10-,11+. The van der Waals surface area contributed by atoms with E-state index >= 15 is 0 Å². The number of aromatic nitrogens is 1. The average Bonchev–Trinajstić information content (AvgIpc) is 2.46. The van der Waals surface area contributed by atoms with Gasteiger partial charge in [0.1, 0.15) is 10.8 Å². The molecule has 1 aromatic rings. The van der Waals surface area contributed by atoms with Crippen molar-refractivity contribution in [1.82, 2.24) is 15.2 Å². The monoisotopic (exact) mass is 359 g/mol. The minimum atomic E-state index is -0.320. The van der Waals surface area contributed by atoms with E-state index in [1.54, 1.807) is 12.1 Å². The molecule has 7 heteroatoms. The number of morpholine rings is 1. The third-order valence-electron chi connectivity index (χ3n) is 3.98. The summed E-state index contributed by atoms with van der Waals surface area (Å²) in [6.45, 7) is 10.5. The van der Waals surface area contributed by atoms with Crippen molar-refractivity contribution < 1.29 is 9.53 Å². The molecule has 2 rings (SSSR count). The van der Waals surface area contributed by atoms with Gasteiger partial charge in [0.15, 0.2) is 0 Å². The third-order valence-corrected chi connectivity index (χ3v) is 4.50. The molecular weight excluding hydrogens is 337 g/mol. The fraction of sp³-hybridized carbons (Fsp3) is 0.625. The number of hydrogen-bond acceptors (Lipinski definition) is 4. The first-order valence-corrected chi connectivity index (χ1v) is 8.45. The Hall–Kier alpha value is -0.880. The molecule has 1 saturated heterocycles. The predicted molar refractivity (Wildman–Crippen MR) is 92.3 cm³/mol. The maximum atomic E-state index is 12.3. The van der Waals surface area contributed by atoms with E-state index in [1.807, 2.05) is 0 Å². The van der Waals surface area contributed by atoms with Gasteiger partial charge in [-0.05, 0) is 39.8 Å². The minimum Gasteiger partial charge on any atom is -0.373 e. The second-order valence-electron chi connectivity index (χ2n) is 6.62. The van der Waals surface area contributed by atoms with E-state index < -0.39 is 0 Å². The first kappa shape index (κ1) is 18.5. The van der Waals surface area contributed by atoms with Crippen molar-refractivity contribution in [3.8, 4) is 0 Å². The highest BCUT2D eigenvalue weighted by Crippen LogP contribution is 2.21. The van der Waals surface area contributed by atoms with Crippen LogP contribution in [-0.2, 0) is 4.74 Å². The number of carbonyl (C=O) groups is 1. The Labute approximate surface area is 147 Å². The number of pyridine rings is 1. The van der Waals surface area contributed by atoms with Gasteiger partial charge in [-0.2, -0.15) is 0 Å². The Balaban J connectivity index is 2.01. The van der Waals surface area contributed by atoms with Gasteiger partial charge in [0.25, 0.3) is 5.91 Å². The van der Waals surface area contributed by atoms with Crippen LogP contribution in [0.25, 0.3) is 0 Å². The van der Waals surface area contributed by atoms with Gasteiger partial charge >= 0.3 is 0 Å². The summed E-state index contributed by atoms with van der Waals surface area (Å²) in [6, 6.07) is 3.13. The molecule has 1 aliphatic heterocycles. The lowest BCUT2D eigenvalue weighted by Gasteiger charge is -2.45. The lowest BCUT2D eigenvalue weighted by Crippen LogP contribution is -2.58. The first-order chi connectivity index (χ1) is 10.7. The SMILES string of the molecule is C[C@@H]1CN(C(C)(C)CNC(=O)c2nc(Cl)ccc2Cl)C[C@H](C)O1. The van der Waals surface area contributed by atoms with Crippen LogP contribution in [0.2, 0.25) is 10.2 Å². The van der Waals surface area contributed by atoms with Crippen molar-refractivity contribution in [1.29, 1.82) is 0 Å². The molecule has 0 radical (unpaired) electrons. The van der Waals surface area contributed by atoms with Crippen molar-refractivity contribution in [2.75, 3.05) is 19.6 Å². The highest BCUT2D eigenvalue weighted by Gasteiger charge is 2.33.